The quantitative estimate of drug-likeness (QED) is 0.205. The van der Waals surface area contributed by atoms with Gasteiger partial charge in [-0.3, -0.25) is 15.1 Å². The van der Waals surface area contributed by atoms with Crippen LogP contribution in [0.4, 0.5) is 10.1 Å². The molecule has 8 nitrogen and oxygen atoms in total. The predicted octanol–water partition coefficient (Wildman–Crippen LogP) is 5.96. The van der Waals surface area contributed by atoms with E-state index in [2.05, 4.69) is 30.5 Å². The van der Waals surface area contributed by atoms with E-state index in [1.165, 1.54) is 6.07 Å². The van der Waals surface area contributed by atoms with Crippen molar-refractivity contribution in [3.8, 4) is 33.2 Å². The van der Waals surface area contributed by atoms with E-state index in [4.69, 9.17) is 4.98 Å². The Hall–Kier alpha value is -4.15. The molecule has 0 aliphatic heterocycles. The van der Waals surface area contributed by atoms with Gasteiger partial charge in [0.2, 0.25) is 0 Å². The second kappa shape index (κ2) is 8.75. The molecule has 10 heteroatoms. The molecule has 1 aliphatic rings. The molecule has 0 bridgehead atoms. The summed E-state index contributed by atoms with van der Waals surface area (Å²) in [5.74, 6) is 0.418. The first kappa shape index (κ1) is 22.1. The summed E-state index contributed by atoms with van der Waals surface area (Å²) in [7, 11) is 0. The van der Waals surface area contributed by atoms with E-state index in [0.717, 1.165) is 46.3 Å². The monoisotopic (exact) mass is 511 g/mol. The van der Waals surface area contributed by atoms with E-state index in [-0.39, 0.29) is 5.92 Å². The number of benzene rings is 1. The molecule has 0 radical (unpaired) electrons. The van der Waals surface area contributed by atoms with E-state index in [9.17, 15) is 5.11 Å². The van der Waals surface area contributed by atoms with Crippen LogP contribution in [0.5, 0.6) is 0 Å². The van der Waals surface area contributed by atoms with Crippen LogP contribution in [0.3, 0.4) is 0 Å². The predicted molar refractivity (Wildman–Crippen MR) is 142 cm³/mol. The Morgan fingerprint density at radius 1 is 1.11 bits per heavy atom. The summed E-state index contributed by atoms with van der Waals surface area (Å²) < 4.78 is 15.2. The molecule has 1 atom stereocenters. The molecule has 184 valence electrons. The fourth-order valence-corrected chi connectivity index (χ4v) is 5.51. The van der Waals surface area contributed by atoms with Gasteiger partial charge in [-0.05, 0) is 42.5 Å². The smallest absolute Gasteiger partial charge is 0.159 e. The van der Waals surface area contributed by atoms with Gasteiger partial charge in [-0.2, -0.15) is 5.10 Å². The summed E-state index contributed by atoms with van der Waals surface area (Å²) in [5, 5.41) is 23.6. The molecule has 6 aromatic rings. The average molecular weight is 512 g/mol. The maximum absolute atomic E-state index is 15.2. The molecular formula is C27H22FN7OS. The lowest BCUT2D eigenvalue weighted by Crippen LogP contribution is -2.33. The lowest BCUT2D eigenvalue weighted by Gasteiger charge is -2.31. The molecule has 0 spiro atoms. The van der Waals surface area contributed by atoms with Gasteiger partial charge in [0.25, 0.3) is 0 Å². The molecule has 1 aromatic carbocycles. The Morgan fingerprint density at radius 2 is 2.03 bits per heavy atom. The summed E-state index contributed by atoms with van der Waals surface area (Å²) in [4.78, 5) is 18.0. The van der Waals surface area contributed by atoms with Crippen LogP contribution in [-0.4, -0.2) is 41.5 Å². The SMILES string of the molecule is OC(Nc1cncc(-c2cc3c(-c4nc5c(-c6cccs6)nccc5[nH]4)n[nH]c3cc2F)c1)C1CCC1. The number of hydrogen-bond donors (Lipinski definition) is 4. The second-order valence-electron chi connectivity index (χ2n) is 9.31. The van der Waals surface area contributed by atoms with Gasteiger partial charge in [0, 0.05) is 40.9 Å². The van der Waals surface area contributed by atoms with E-state index in [1.54, 1.807) is 42.1 Å². The van der Waals surface area contributed by atoms with E-state index >= 15 is 4.39 Å². The van der Waals surface area contributed by atoms with Crippen LogP contribution < -0.4 is 5.32 Å². The number of imidazole rings is 1. The number of nitrogens with one attached hydrogen (secondary N) is 3. The summed E-state index contributed by atoms with van der Waals surface area (Å²) in [5.41, 5.74) is 5.21. The van der Waals surface area contributed by atoms with Gasteiger partial charge in [-0.15, -0.1) is 11.3 Å². The fraction of sp³-hybridized carbons (Fsp3) is 0.185. The molecule has 37 heavy (non-hydrogen) atoms. The third-order valence-electron chi connectivity index (χ3n) is 6.99. The van der Waals surface area contributed by atoms with Gasteiger partial charge < -0.3 is 15.4 Å². The molecule has 1 fully saturated rings. The van der Waals surface area contributed by atoms with Gasteiger partial charge in [0.15, 0.2) is 5.82 Å². The number of H-pyrrole nitrogens is 2. The molecule has 1 aliphatic carbocycles. The van der Waals surface area contributed by atoms with E-state index in [1.807, 2.05) is 23.6 Å². The van der Waals surface area contributed by atoms with Crippen LogP contribution in [-0.2, 0) is 0 Å². The maximum atomic E-state index is 15.2. The molecule has 5 aromatic heterocycles. The minimum Gasteiger partial charge on any atom is -0.374 e. The Bertz CT molecular complexity index is 1740. The van der Waals surface area contributed by atoms with Crippen molar-refractivity contribution in [1.82, 2.24) is 30.1 Å². The van der Waals surface area contributed by atoms with Crippen molar-refractivity contribution in [2.75, 3.05) is 5.32 Å². The third-order valence-corrected chi connectivity index (χ3v) is 7.87. The molecule has 0 amide bonds. The number of aliphatic hydroxyl groups is 1. The lowest BCUT2D eigenvalue weighted by atomic mass is 9.84. The molecule has 1 saturated carbocycles. The Morgan fingerprint density at radius 3 is 2.84 bits per heavy atom. The van der Waals surface area contributed by atoms with Crippen molar-refractivity contribution in [3.05, 3.63) is 66.2 Å². The Labute approximate surface area is 214 Å². The number of hydrogen-bond acceptors (Lipinski definition) is 7. The van der Waals surface area contributed by atoms with Crippen LogP contribution in [0.1, 0.15) is 19.3 Å². The number of anilines is 1. The standard InChI is InChI=1S/C27H22FN7OS/c28-19-11-21-18(10-17(19)15-9-16(13-29-12-15)31-27(36)14-3-1-4-14)23(35-34-21)26-32-20-6-7-30-25(24(20)33-26)22-5-2-8-37-22/h2,5-14,27,31,36H,1,3-4H2,(H,32,33)(H,34,35). The Balaban J connectivity index is 1.29. The fourth-order valence-electron chi connectivity index (χ4n) is 4.79. The number of nitrogens with zero attached hydrogens (tertiary/aromatic N) is 4. The number of rotatable bonds is 6. The zero-order chi connectivity index (χ0) is 24.9. The van der Waals surface area contributed by atoms with Crippen LogP contribution in [0.25, 0.3) is 55.2 Å². The summed E-state index contributed by atoms with van der Waals surface area (Å²) in [6.07, 6.45) is 7.51. The molecule has 7 rings (SSSR count). The van der Waals surface area contributed by atoms with Gasteiger partial charge in [-0.1, -0.05) is 12.5 Å². The second-order valence-corrected chi connectivity index (χ2v) is 10.3. The molecule has 1 unspecified atom stereocenters. The molecule has 5 heterocycles. The molecule has 0 saturated heterocycles. The Kier molecular flexibility index (Phi) is 5.22. The number of aromatic amines is 2. The van der Waals surface area contributed by atoms with Gasteiger partial charge in [0.1, 0.15) is 28.9 Å². The highest BCUT2D eigenvalue weighted by Gasteiger charge is 2.25. The van der Waals surface area contributed by atoms with Crippen LogP contribution in [0.2, 0.25) is 0 Å². The highest BCUT2D eigenvalue weighted by molar-refractivity contribution is 7.13. The average Bonchev–Trinajstić information content (AvgIpc) is 3.61. The third kappa shape index (κ3) is 3.85. The van der Waals surface area contributed by atoms with Gasteiger partial charge >= 0.3 is 0 Å². The minimum absolute atomic E-state index is 0.240. The summed E-state index contributed by atoms with van der Waals surface area (Å²) in [6, 6.07) is 10.9. The number of fused-ring (bicyclic) bond motifs is 2. The molecule has 4 N–H and O–H groups in total. The number of pyridine rings is 2. The first-order chi connectivity index (χ1) is 18.1. The van der Waals surface area contributed by atoms with Crippen molar-refractivity contribution in [2.24, 2.45) is 5.92 Å². The van der Waals surface area contributed by atoms with Crippen molar-refractivity contribution in [1.29, 1.82) is 0 Å². The zero-order valence-electron chi connectivity index (χ0n) is 19.6. The van der Waals surface area contributed by atoms with Crippen molar-refractivity contribution in [3.63, 3.8) is 0 Å². The zero-order valence-corrected chi connectivity index (χ0v) is 20.4. The topological polar surface area (TPSA) is 115 Å². The largest absolute Gasteiger partial charge is 0.374 e. The van der Waals surface area contributed by atoms with Crippen LogP contribution in [0, 0.1) is 11.7 Å². The number of thiophene rings is 1. The highest BCUT2D eigenvalue weighted by atomic mass is 32.1. The van der Waals surface area contributed by atoms with Crippen LogP contribution in [0.15, 0.2) is 60.4 Å². The van der Waals surface area contributed by atoms with E-state index < -0.39 is 12.0 Å². The maximum Gasteiger partial charge on any atom is 0.159 e. The summed E-state index contributed by atoms with van der Waals surface area (Å²) in [6.45, 7) is 0. The molecular weight excluding hydrogens is 489 g/mol. The number of halogens is 1. The lowest BCUT2D eigenvalue weighted by molar-refractivity contribution is 0.0851. The summed E-state index contributed by atoms with van der Waals surface area (Å²) >= 11 is 1.61. The van der Waals surface area contributed by atoms with Crippen molar-refractivity contribution < 1.29 is 9.50 Å². The van der Waals surface area contributed by atoms with Crippen LogP contribution >= 0.6 is 11.3 Å². The van der Waals surface area contributed by atoms with Crippen molar-refractivity contribution in [2.45, 2.75) is 25.5 Å². The van der Waals surface area contributed by atoms with Gasteiger partial charge in [-0.25, -0.2) is 9.37 Å². The highest BCUT2D eigenvalue weighted by Crippen LogP contribution is 2.35. The number of aromatic nitrogens is 6. The van der Waals surface area contributed by atoms with E-state index in [0.29, 0.717) is 33.8 Å². The van der Waals surface area contributed by atoms with Crippen molar-refractivity contribution >= 4 is 39.0 Å². The minimum atomic E-state index is -0.639. The first-order valence-electron chi connectivity index (χ1n) is 12.1. The van der Waals surface area contributed by atoms with Gasteiger partial charge in [0.05, 0.1) is 27.8 Å². The first-order valence-corrected chi connectivity index (χ1v) is 13.0. The number of aliphatic hydroxyl groups excluding tert-OH is 1. The normalized spacial score (nSPS) is 14.8.